The van der Waals surface area contributed by atoms with Gasteiger partial charge in [0, 0.05) is 21.3 Å². The van der Waals surface area contributed by atoms with Crippen molar-refractivity contribution in [3.8, 4) is 6.07 Å². The van der Waals surface area contributed by atoms with E-state index >= 15 is 0 Å². The van der Waals surface area contributed by atoms with E-state index in [1.165, 1.54) is 4.90 Å². The van der Waals surface area contributed by atoms with Crippen LogP contribution in [0.25, 0.3) is 0 Å². The molecule has 2 aromatic rings. The second-order valence-electron chi connectivity index (χ2n) is 4.15. The highest BCUT2D eigenvalue weighted by atomic mass is 127. The van der Waals surface area contributed by atoms with E-state index in [-0.39, 0.29) is 5.91 Å². The molecule has 0 saturated carbocycles. The lowest BCUT2D eigenvalue weighted by Crippen LogP contribution is -2.26. The molecule has 20 heavy (non-hydrogen) atoms. The zero-order valence-corrected chi connectivity index (χ0v) is 13.5. The lowest BCUT2D eigenvalue weighted by atomic mass is 10.1. The molecule has 0 atom stereocenters. The van der Waals surface area contributed by atoms with Gasteiger partial charge in [0.15, 0.2) is 0 Å². The molecule has 2 rings (SSSR count). The molecule has 2 aromatic carbocycles. The number of rotatable bonds is 2. The lowest BCUT2D eigenvalue weighted by molar-refractivity contribution is 0.0992. The van der Waals surface area contributed by atoms with Crippen LogP contribution in [0.5, 0.6) is 0 Å². The van der Waals surface area contributed by atoms with Crippen LogP contribution < -0.4 is 4.90 Å². The number of nitriles is 1. The molecular weight excluding hydrogens is 387 g/mol. The van der Waals surface area contributed by atoms with Crippen molar-refractivity contribution < 1.29 is 4.79 Å². The SMILES string of the molecule is CN(C(=O)c1cc(Cl)ccc1I)c1ccc(C#N)cc1. The molecule has 0 aromatic heterocycles. The monoisotopic (exact) mass is 396 g/mol. The molecule has 100 valence electrons. The van der Waals surface area contributed by atoms with Crippen LogP contribution in [-0.2, 0) is 0 Å². The van der Waals surface area contributed by atoms with Crippen LogP contribution in [0, 0.1) is 14.9 Å². The van der Waals surface area contributed by atoms with Gasteiger partial charge in [0.05, 0.1) is 17.2 Å². The minimum absolute atomic E-state index is 0.137. The molecule has 0 aliphatic rings. The first-order valence-corrected chi connectivity index (χ1v) is 7.22. The van der Waals surface area contributed by atoms with Gasteiger partial charge in [-0.1, -0.05) is 11.6 Å². The van der Waals surface area contributed by atoms with E-state index in [1.807, 2.05) is 12.1 Å². The van der Waals surface area contributed by atoms with Gasteiger partial charge in [0.2, 0.25) is 0 Å². The van der Waals surface area contributed by atoms with Gasteiger partial charge in [0.1, 0.15) is 0 Å². The minimum Gasteiger partial charge on any atom is -0.311 e. The molecule has 0 heterocycles. The number of carbonyl (C=O) groups excluding carboxylic acids is 1. The number of halogens is 2. The Morgan fingerprint density at radius 1 is 1.25 bits per heavy atom. The van der Waals surface area contributed by atoms with E-state index in [2.05, 4.69) is 22.6 Å². The third kappa shape index (κ3) is 3.11. The third-order valence-electron chi connectivity index (χ3n) is 2.85. The first-order chi connectivity index (χ1) is 9.52. The number of nitrogens with zero attached hydrogens (tertiary/aromatic N) is 2. The van der Waals surface area contributed by atoms with Crippen molar-refractivity contribution in [2.24, 2.45) is 0 Å². The molecule has 0 N–H and O–H groups in total. The minimum atomic E-state index is -0.137. The third-order valence-corrected chi connectivity index (χ3v) is 4.02. The van der Waals surface area contributed by atoms with Gasteiger partial charge in [0.25, 0.3) is 5.91 Å². The Hall–Kier alpha value is -1.58. The second-order valence-corrected chi connectivity index (χ2v) is 5.75. The summed E-state index contributed by atoms with van der Waals surface area (Å²) in [5, 5.41) is 9.30. The number of benzene rings is 2. The summed E-state index contributed by atoms with van der Waals surface area (Å²) < 4.78 is 0.845. The maximum atomic E-state index is 12.5. The predicted octanol–water partition coefficient (Wildman–Crippen LogP) is 4.09. The normalized spacial score (nSPS) is 9.90. The van der Waals surface area contributed by atoms with Crippen LogP contribution in [-0.4, -0.2) is 13.0 Å². The van der Waals surface area contributed by atoms with E-state index in [4.69, 9.17) is 16.9 Å². The summed E-state index contributed by atoms with van der Waals surface area (Å²) in [6, 6.07) is 14.1. The Labute approximate surface area is 135 Å². The van der Waals surface area contributed by atoms with Crippen LogP contribution in [0.15, 0.2) is 42.5 Å². The van der Waals surface area contributed by atoms with Gasteiger partial charge in [-0.2, -0.15) is 5.26 Å². The quantitative estimate of drug-likeness (QED) is 0.718. The second kappa shape index (κ2) is 6.25. The Morgan fingerprint density at radius 3 is 2.50 bits per heavy atom. The van der Waals surface area contributed by atoms with Crippen molar-refractivity contribution in [2.45, 2.75) is 0 Å². The van der Waals surface area contributed by atoms with Gasteiger partial charge in [-0.25, -0.2) is 0 Å². The highest BCUT2D eigenvalue weighted by molar-refractivity contribution is 14.1. The highest BCUT2D eigenvalue weighted by Gasteiger charge is 2.16. The average molecular weight is 397 g/mol. The molecule has 5 heteroatoms. The Bertz CT molecular complexity index is 692. The first kappa shape index (κ1) is 14.8. The fraction of sp³-hybridized carbons (Fsp3) is 0.0667. The largest absolute Gasteiger partial charge is 0.311 e. The van der Waals surface area contributed by atoms with Crippen LogP contribution in [0.3, 0.4) is 0 Å². The molecule has 3 nitrogen and oxygen atoms in total. The molecule has 0 radical (unpaired) electrons. The molecule has 0 aliphatic carbocycles. The van der Waals surface area contributed by atoms with Gasteiger partial charge in [-0.05, 0) is 65.1 Å². The van der Waals surface area contributed by atoms with E-state index in [0.717, 1.165) is 9.26 Å². The average Bonchev–Trinajstić information content (AvgIpc) is 2.48. The Balaban J connectivity index is 2.32. The van der Waals surface area contributed by atoms with Crippen molar-refractivity contribution >= 4 is 45.8 Å². The van der Waals surface area contributed by atoms with Crippen LogP contribution in [0.2, 0.25) is 5.02 Å². The summed E-state index contributed by atoms with van der Waals surface area (Å²) in [5.41, 5.74) is 1.85. The summed E-state index contributed by atoms with van der Waals surface area (Å²) >= 11 is 8.05. The van der Waals surface area contributed by atoms with E-state index in [1.54, 1.807) is 43.4 Å². The predicted molar refractivity (Wildman–Crippen MR) is 88.1 cm³/mol. The summed E-state index contributed by atoms with van der Waals surface area (Å²) in [5.74, 6) is -0.137. The molecular formula is C15H10ClIN2O. The highest BCUT2D eigenvalue weighted by Crippen LogP contribution is 2.22. The fourth-order valence-electron chi connectivity index (χ4n) is 1.72. The zero-order valence-electron chi connectivity index (χ0n) is 10.6. The maximum Gasteiger partial charge on any atom is 0.259 e. The molecule has 0 bridgehead atoms. The van der Waals surface area contributed by atoms with Crippen molar-refractivity contribution in [2.75, 3.05) is 11.9 Å². The standard InChI is InChI=1S/C15H10ClIN2O/c1-19(12-5-2-10(9-18)3-6-12)15(20)13-8-11(16)4-7-14(13)17/h2-8H,1H3. The van der Waals surface area contributed by atoms with Crippen molar-refractivity contribution in [3.05, 3.63) is 62.2 Å². The molecule has 0 aliphatic heterocycles. The molecule has 0 unspecified atom stereocenters. The number of carbonyl (C=O) groups is 1. The van der Waals surface area contributed by atoms with E-state index in [9.17, 15) is 4.79 Å². The molecule has 1 amide bonds. The van der Waals surface area contributed by atoms with Crippen molar-refractivity contribution in [3.63, 3.8) is 0 Å². The number of amides is 1. The fourth-order valence-corrected chi connectivity index (χ4v) is 2.46. The van der Waals surface area contributed by atoms with Gasteiger partial charge < -0.3 is 4.90 Å². The summed E-state index contributed by atoms with van der Waals surface area (Å²) in [6.45, 7) is 0. The topological polar surface area (TPSA) is 44.1 Å². The van der Waals surface area contributed by atoms with Gasteiger partial charge in [-0.3, -0.25) is 4.79 Å². The number of hydrogen-bond donors (Lipinski definition) is 0. The Kier molecular flexibility index (Phi) is 4.63. The zero-order chi connectivity index (χ0) is 14.7. The van der Waals surface area contributed by atoms with Gasteiger partial charge in [-0.15, -0.1) is 0 Å². The maximum absolute atomic E-state index is 12.5. The summed E-state index contributed by atoms with van der Waals surface area (Å²) in [4.78, 5) is 14.0. The molecule has 0 fully saturated rings. The summed E-state index contributed by atoms with van der Waals surface area (Å²) in [6.07, 6.45) is 0. The smallest absolute Gasteiger partial charge is 0.259 e. The number of anilines is 1. The van der Waals surface area contributed by atoms with Gasteiger partial charge >= 0.3 is 0 Å². The van der Waals surface area contributed by atoms with Crippen molar-refractivity contribution in [1.82, 2.24) is 0 Å². The summed E-state index contributed by atoms with van der Waals surface area (Å²) in [7, 11) is 1.70. The molecule has 0 saturated heterocycles. The van der Waals surface area contributed by atoms with Crippen LogP contribution in [0.4, 0.5) is 5.69 Å². The number of hydrogen-bond acceptors (Lipinski definition) is 2. The van der Waals surface area contributed by atoms with Crippen LogP contribution in [0.1, 0.15) is 15.9 Å². The van der Waals surface area contributed by atoms with Crippen molar-refractivity contribution in [1.29, 1.82) is 5.26 Å². The first-order valence-electron chi connectivity index (χ1n) is 5.76. The molecule has 0 spiro atoms. The lowest BCUT2D eigenvalue weighted by Gasteiger charge is -2.18. The Morgan fingerprint density at radius 2 is 1.90 bits per heavy atom. The van der Waals surface area contributed by atoms with E-state index in [0.29, 0.717) is 16.1 Å². The van der Waals surface area contributed by atoms with Crippen LogP contribution >= 0.6 is 34.2 Å². The van der Waals surface area contributed by atoms with E-state index < -0.39 is 0 Å².